The van der Waals surface area contributed by atoms with Gasteiger partial charge in [0.1, 0.15) is 6.29 Å². The molecule has 0 radical (unpaired) electrons. The lowest BCUT2D eigenvalue weighted by atomic mass is 9.96. The van der Waals surface area contributed by atoms with Crippen LogP contribution in [0.2, 0.25) is 0 Å². The average molecular weight is 403 g/mol. The number of carbonyl (C=O) groups excluding carboxylic acids is 1. The summed E-state index contributed by atoms with van der Waals surface area (Å²) in [6.07, 6.45) is 3.03. The molecule has 0 aromatic heterocycles. The van der Waals surface area contributed by atoms with E-state index >= 15 is 0 Å². The van der Waals surface area contributed by atoms with Crippen LogP contribution in [-0.2, 0) is 0 Å². The molecule has 0 aliphatic carbocycles. The van der Waals surface area contributed by atoms with E-state index in [2.05, 4.69) is 76.7 Å². The zero-order valence-corrected chi connectivity index (χ0v) is 17.5. The Morgan fingerprint density at radius 2 is 1.52 bits per heavy atom. The van der Waals surface area contributed by atoms with Crippen molar-refractivity contribution in [2.45, 2.75) is 10.9 Å². The van der Waals surface area contributed by atoms with Gasteiger partial charge in [-0.25, -0.2) is 0 Å². The Kier molecular flexibility index (Phi) is 6.33. The van der Waals surface area contributed by atoms with Gasteiger partial charge in [-0.2, -0.15) is 0 Å². The zero-order chi connectivity index (χ0) is 20.1. The monoisotopic (exact) mass is 402 g/mol. The van der Waals surface area contributed by atoms with E-state index in [9.17, 15) is 4.79 Å². The maximum atomic E-state index is 11.1. The average Bonchev–Trinajstić information content (AvgIpc) is 2.81. The van der Waals surface area contributed by atoms with Gasteiger partial charge in [0, 0.05) is 42.3 Å². The van der Waals surface area contributed by atoms with Crippen LogP contribution >= 0.6 is 11.8 Å². The molecule has 29 heavy (non-hydrogen) atoms. The van der Waals surface area contributed by atoms with Crippen LogP contribution in [0.3, 0.4) is 0 Å². The van der Waals surface area contributed by atoms with Crippen molar-refractivity contribution in [1.82, 2.24) is 4.90 Å². The van der Waals surface area contributed by atoms with Crippen molar-refractivity contribution in [3.05, 3.63) is 95.6 Å². The van der Waals surface area contributed by atoms with E-state index in [1.807, 2.05) is 18.2 Å². The van der Waals surface area contributed by atoms with Gasteiger partial charge in [-0.3, -0.25) is 9.69 Å². The number of hydrogen-bond donors (Lipinski definition) is 0. The Hall–Kier alpha value is -2.56. The quantitative estimate of drug-likeness (QED) is 0.421. The van der Waals surface area contributed by atoms with Gasteiger partial charge in [0.2, 0.25) is 0 Å². The molecule has 0 amide bonds. The van der Waals surface area contributed by atoms with E-state index in [-0.39, 0.29) is 6.04 Å². The molecule has 0 saturated carbocycles. The minimum absolute atomic E-state index is 0.260. The normalized spacial score (nSPS) is 15.8. The third kappa shape index (κ3) is 4.55. The smallest absolute Gasteiger partial charge is 0.150 e. The molecule has 3 aromatic rings. The van der Waals surface area contributed by atoms with Gasteiger partial charge in [-0.05, 0) is 41.6 Å². The minimum Gasteiger partial charge on any atom is -0.369 e. The lowest BCUT2D eigenvalue weighted by Crippen LogP contribution is -2.48. The molecular formula is C25H26N2OS. The number of benzene rings is 3. The van der Waals surface area contributed by atoms with Crippen LogP contribution in [0.4, 0.5) is 5.69 Å². The van der Waals surface area contributed by atoms with Gasteiger partial charge >= 0.3 is 0 Å². The maximum Gasteiger partial charge on any atom is 0.150 e. The van der Waals surface area contributed by atoms with Crippen LogP contribution in [0, 0.1) is 0 Å². The molecule has 0 spiro atoms. The molecular weight excluding hydrogens is 376 g/mol. The molecule has 1 atom stereocenters. The Morgan fingerprint density at radius 1 is 0.828 bits per heavy atom. The molecule has 3 nitrogen and oxygen atoms in total. The number of hydrogen-bond acceptors (Lipinski definition) is 4. The molecule has 4 rings (SSSR count). The third-order valence-electron chi connectivity index (χ3n) is 5.60. The van der Waals surface area contributed by atoms with Crippen LogP contribution in [-0.4, -0.2) is 43.6 Å². The first-order valence-corrected chi connectivity index (χ1v) is 11.2. The third-order valence-corrected chi connectivity index (χ3v) is 6.34. The standard InChI is InChI=1S/C25H26N2OS/c1-29-24-12-10-22(11-13-24)25(21-7-3-2-4-8-21)27-16-14-26(15-17-27)23-9-5-6-20(18-23)19-28/h2-13,18-19,25H,14-17H2,1H3. The largest absolute Gasteiger partial charge is 0.369 e. The van der Waals surface area contributed by atoms with Crippen molar-refractivity contribution in [2.24, 2.45) is 0 Å². The highest BCUT2D eigenvalue weighted by atomic mass is 32.2. The van der Waals surface area contributed by atoms with Crippen LogP contribution in [0.1, 0.15) is 27.5 Å². The molecule has 1 aliphatic rings. The summed E-state index contributed by atoms with van der Waals surface area (Å²) in [5, 5.41) is 0. The number of nitrogens with zero attached hydrogens (tertiary/aromatic N) is 2. The second kappa shape index (κ2) is 9.29. The molecule has 1 unspecified atom stereocenters. The molecule has 1 heterocycles. The van der Waals surface area contributed by atoms with E-state index in [4.69, 9.17) is 0 Å². The summed E-state index contributed by atoms with van der Waals surface area (Å²) >= 11 is 1.78. The van der Waals surface area contributed by atoms with Crippen LogP contribution in [0.25, 0.3) is 0 Å². The molecule has 3 aromatic carbocycles. The number of aldehydes is 1. The Balaban J connectivity index is 1.55. The van der Waals surface area contributed by atoms with Crippen molar-refractivity contribution >= 4 is 23.7 Å². The highest BCUT2D eigenvalue weighted by Gasteiger charge is 2.26. The number of thioether (sulfide) groups is 1. The molecule has 1 saturated heterocycles. The molecule has 148 valence electrons. The summed E-state index contributed by atoms with van der Waals surface area (Å²) < 4.78 is 0. The number of anilines is 1. The van der Waals surface area contributed by atoms with Gasteiger partial charge in [0.05, 0.1) is 6.04 Å². The van der Waals surface area contributed by atoms with Crippen LogP contribution in [0.15, 0.2) is 83.8 Å². The molecule has 0 bridgehead atoms. The summed E-state index contributed by atoms with van der Waals surface area (Å²) in [5.74, 6) is 0. The van der Waals surface area contributed by atoms with Gasteiger partial charge in [0.25, 0.3) is 0 Å². The lowest BCUT2D eigenvalue weighted by molar-refractivity contribution is 0.112. The van der Waals surface area contributed by atoms with Crippen molar-refractivity contribution in [3.63, 3.8) is 0 Å². The van der Waals surface area contributed by atoms with Crippen LogP contribution < -0.4 is 4.90 Å². The Morgan fingerprint density at radius 3 is 2.17 bits per heavy atom. The fourth-order valence-corrected chi connectivity index (χ4v) is 4.48. The summed E-state index contributed by atoms with van der Waals surface area (Å²) in [6.45, 7) is 3.87. The zero-order valence-electron chi connectivity index (χ0n) is 16.7. The predicted molar refractivity (Wildman–Crippen MR) is 122 cm³/mol. The highest BCUT2D eigenvalue weighted by molar-refractivity contribution is 7.98. The SMILES string of the molecule is CSc1ccc(C(c2ccccc2)N2CCN(c3cccc(C=O)c3)CC2)cc1. The van der Waals surface area contributed by atoms with E-state index in [0.29, 0.717) is 0 Å². The maximum absolute atomic E-state index is 11.1. The first-order chi connectivity index (χ1) is 14.3. The first-order valence-electron chi connectivity index (χ1n) is 10.0. The molecule has 1 aliphatic heterocycles. The van der Waals surface area contributed by atoms with E-state index < -0.39 is 0 Å². The topological polar surface area (TPSA) is 23.6 Å². The first kappa shape index (κ1) is 19.7. The highest BCUT2D eigenvalue weighted by Crippen LogP contribution is 2.31. The van der Waals surface area contributed by atoms with Gasteiger partial charge < -0.3 is 4.90 Å². The lowest BCUT2D eigenvalue weighted by Gasteiger charge is -2.40. The van der Waals surface area contributed by atoms with Crippen molar-refractivity contribution in [3.8, 4) is 0 Å². The Bertz CT molecular complexity index is 935. The van der Waals surface area contributed by atoms with E-state index in [0.717, 1.165) is 43.7 Å². The number of rotatable bonds is 6. The predicted octanol–water partition coefficient (Wildman–Crippen LogP) is 5.13. The Labute approximate surface area is 177 Å². The summed E-state index contributed by atoms with van der Waals surface area (Å²) in [7, 11) is 0. The number of carbonyl (C=O) groups is 1. The second-order valence-electron chi connectivity index (χ2n) is 7.32. The summed E-state index contributed by atoms with van der Waals surface area (Å²) in [4.78, 5) is 17.4. The van der Waals surface area contributed by atoms with Crippen molar-refractivity contribution in [1.29, 1.82) is 0 Å². The van der Waals surface area contributed by atoms with Crippen molar-refractivity contribution in [2.75, 3.05) is 37.3 Å². The van der Waals surface area contributed by atoms with Crippen molar-refractivity contribution < 1.29 is 4.79 Å². The minimum atomic E-state index is 0.260. The molecule has 0 N–H and O–H groups in total. The van der Waals surface area contributed by atoms with Gasteiger partial charge in [-0.1, -0.05) is 54.6 Å². The second-order valence-corrected chi connectivity index (χ2v) is 8.20. The number of piperazine rings is 1. The molecule has 1 fully saturated rings. The van der Waals surface area contributed by atoms with E-state index in [1.165, 1.54) is 16.0 Å². The summed E-state index contributed by atoms with van der Waals surface area (Å²) in [5.41, 5.74) is 4.54. The molecule has 4 heteroatoms. The van der Waals surface area contributed by atoms with Gasteiger partial charge in [-0.15, -0.1) is 11.8 Å². The van der Waals surface area contributed by atoms with Crippen LogP contribution in [0.5, 0.6) is 0 Å². The fraction of sp³-hybridized carbons (Fsp3) is 0.240. The van der Waals surface area contributed by atoms with Gasteiger partial charge in [0.15, 0.2) is 0 Å². The van der Waals surface area contributed by atoms with E-state index in [1.54, 1.807) is 11.8 Å². The summed E-state index contributed by atoms with van der Waals surface area (Å²) in [6, 6.07) is 27.9. The fourth-order valence-electron chi connectivity index (χ4n) is 4.07.